The highest BCUT2D eigenvalue weighted by atomic mass is 16.5. The van der Waals surface area contributed by atoms with E-state index in [0.717, 1.165) is 6.42 Å². The molecule has 0 aliphatic rings. The van der Waals surface area contributed by atoms with Crippen molar-refractivity contribution in [2.24, 2.45) is 5.92 Å². The number of hydrogen-bond acceptors (Lipinski definition) is 5. The summed E-state index contributed by atoms with van der Waals surface area (Å²) in [5, 5.41) is 0. The molecule has 124 valence electrons. The minimum Gasteiger partial charge on any atom is -0.493 e. The Hall–Kier alpha value is -1.75. The van der Waals surface area contributed by atoms with Crippen LogP contribution in [0, 0.1) is 5.92 Å². The number of carbonyl (C=O) groups excluding carboxylic acids is 1. The molecule has 2 atom stereocenters. The highest BCUT2D eigenvalue weighted by Gasteiger charge is 2.22. The maximum Gasteiger partial charge on any atom is 0.341 e. The zero-order valence-electron chi connectivity index (χ0n) is 14.3. The van der Waals surface area contributed by atoms with Crippen LogP contribution in [0.2, 0.25) is 0 Å². The van der Waals surface area contributed by atoms with Crippen molar-refractivity contribution in [1.29, 1.82) is 0 Å². The molecule has 0 aromatic heterocycles. The SMILES string of the molecule is CCOc1cc(N)ccc1C(=O)OC[C@H](C(C)CC)N(C)C. The number of hydrogen-bond donors (Lipinski definition) is 1. The van der Waals surface area contributed by atoms with Crippen LogP contribution < -0.4 is 10.5 Å². The van der Waals surface area contributed by atoms with Gasteiger partial charge < -0.3 is 20.1 Å². The van der Waals surface area contributed by atoms with Crippen molar-refractivity contribution in [3.05, 3.63) is 23.8 Å². The summed E-state index contributed by atoms with van der Waals surface area (Å²) in [6, 6.07) is 5.17. The molecule has 0 saturated carbocycles. The van der Waals surface area contributed by atoms with Crippen LogP contribution in [0.3, 0.4) is 0 Å². The fourth-order valence-electron chi connectivity index (χ4n) is 2.32. The minimum absolute atomic E-state index is 0.193. The fourth-order valence-corrected chi connectivity index (χ4v) is 2.32. The molecule has 22 heavy (non-hydrogen) atoms. The van der Waals surface area contributed by atoms with Crippen LogP contribution >= 0.6 is 0 Å². The third-order valence-electron chi connectivity index (χ3n) is 3.87. The van der Waals surface area contributed by atoms with E-state index in [-0.39, 0.29) is 12.0 Å². The summed E-state index contributed by atoms with van der Waals surface area (Å²) in [5.74, 6) is 0.539. The second kappa shape index (κ2) is 8.63. The van der Waals surface area contributed by atoms with Crippen LogP contribution in [-0.2, 0) is 4.74 Å². The van der Waals surface area contributed by atoms with E-state index in [1.165, 1.54) is 0 Å². The first-order chi connectivity index (χ1) is 10.4. The van der Waals surface area contributed by atoms with Crippen LogP contribution in [0.25, 0.3) is 0 Å². The predicted molar refractivity (Wildman–Crippen MR) is 89.2 cm³/mol. The largest absolute Gasteiger partial charge is 0.493 e. The minimum atomic E-state index is -0.376. The molecule has 0 saturated heterocycles. The Morgan fingerprint density at radius 2 is 2.00 bits per heavy atom. The van der Waals surface area contributed by atoms with Gasteiger partial charge in [0.05, 0.1) is 6.61 Å². The van der Waals surface area contributed by atoms with E-state index in [1.54, 1.807) is 18.2 Å². The van der Waals surface area contributed by atoms with Crippen LogP contribution in [0.15, 0.2) is 18.2 Å². The van der Waals surface area contributed by atoms with Gasteiger partial charge in [0.1, 0.15) is 17.9 Å². The summed E-state index contributed by atoms with van der Waals surface area (Å²) in [4.78, 5) is 14.4. The normalized spacial score (nSPS) is 13.7. The average molecular weight is 308 g/mol. The van der Waals surface area contributed by atoms with Gasteiger partial charge in [-0.2, -0.15) is 0 Å². The van der Waals surface area contributed by atoms with Crippen molar-refractivity contribution in [3.8, 4) is 5.75 Å². The predicted octanol–water partition coefficient (Wildman–Crippen LogP) is 2.80. The van der Waals surface area contributed by atoms with Gasteiger partial charge in [-0.15, -0.1) is 0 Å². The highest BCUT2D eigenvalue weighted by molar-refractivity contribution is 5.93. The van der Waals surface area contributed by atoms with E-state index >= 15 is 0 Å². The molecule has 0 bridgehead atoms. The van der Waals surface area contributed by atoms with Crippen LogP contribution in [-0.4, -0.2) is 44.2 Å². The number of rotatable bonds is 8. The summed E-state index contributed by atoms with van der Waals surface area (Å²) in [6.45, 7) is 6.99. The summed E-state index contributed by atoms with van der Waals surface area (Å²) in [6.07, 6.45) is 1.03. The van der Waals surface area contributed by atoms with Gasteiger partial charge in [0, 0.05) is 17.8 Å². The second-order valence-electron chi connectivity index (χ2n) is 5.70. The van der Waals surface area contributed by atoms with Crippen molar-refractivity contribution in [1.82, 2.24) is 4.90 Å². The Balaban J connectivity index is 2.80. The van der Waals surface area contributed by atoms with Crippen molar-refractivity contribution in [2.75, 3.05) is 33.0 Å². The van der Waals surface area contributed by atoms with Gasteiger partial charge in [0.15, 0.2) is 0 Å². The molecule has 5 heteroatoms. The fraction of sp³-hybridized carbons (Fsp3) is 0.588. The molecule has 1 aromatic carbocycles. The van der Waals surface area contributed by atoms with Crippen molar-refractivity contribution < 1.29 is 14.3 Å². The van der Waals surface area contributed by atoms with E-state index in [0.29, 0.717) is 36.1 Å². The Morgan fingerprint density at radius 1 is 1.32 bits per heavy atom. The molecule has 0 aliphatic carbocycles. The van der Waals surface area contributed by atoms with Gasteiger partial charge >= 0.3 is 5.97 Å². The number of nitrogen functional groups attached to an aromatic ring is 1. The molecule has 0 aliphatic heterocycles. The van der Waals surface area contributed by atoms with Crippen molar-refractivity contribution in [3.63, 3.8) is 0 Å². The Bertz CT molecular complexity index is 489. The first-order valence-electron chi connectivity index (χ1n) is 7.76. The molecule has 0 fully saturated rings. The Labute approximate surface area is 133 Å². The zero-order valence-corrected chi connectivity index (χ0v) is 14.3. The van der Waals surface area contributed by atoms with Gasteiger partial charge in [0.2, 0.25) is 0 Å². The molecular weight excluding hydrogens is 280 g/mol. The molecule has 0 radical (unpaired) electrons. The first kappa shape index (κ1) is 18.3. The van der Waals surface area contributed by atoms with Gasteiger partial charge in [-0.05, 0) is 39.1 Å². The van der Waals surface area contributed by atoms with Crippen molar-refractivity contribution in [2.45, 2.75) is 33.2 Å². The third-order valence-corrected chi connectivity index (χ3v) is 3.87. The van der Waals surface area contributed by atoms with Crippen LogP contribution in [0.4, 0.5) is 5.69 Å². The summed E-state index contributed by atoms with van der Waals surface area (Å²) in [7, 11) is 4.00. The zero-order chi connectivity index (χ0) is 16.7. The number of anilines is 1. The average Bonchev–Trinajstić information content (AvgIpc) is 2.47. The lowest BCUT2D eigenvalue weighted by atomic mass is 9.99. The molecule has 1 rings (SSSR count). The summed E-state index contributed by atoms with van der Waals surface area (Å²) >= 11 is 0. The van der Waals surface area contributed by atoms with Crippen LogP contribution in [0.1, 0.15) is 37.6 Å². The summed E-state index contributed by atoms with van der Waals surface area (Å²) < 4.78 is 11.0. The number of nitrogens with zero attached hydrogens (tertiary/aromatic N) is 1. The van der Waals surface area contributed by atoms with Gasteiger partial charge in [-0.3, -0.25) is 0 Å². The van der Waals surface area contributed by atoms with E-state index < -0.39 is 0 Å². The lowest BCUT2D eigenvalue weighted by molar-refractivity contribution is 0.0333. The topological polar surface area (TPSA) is 64.8 Å². The second-order valence-corrected chi connectivity index (χ2v) is 5.70. The summed E-state index contributed by atoms with van der Waals surface area (Å²) in [5.41, 5.74) is 6.71. The third kappa shape index (κ3) is 4.91. The first-order valence-corrected chi connectivity index (χ1v) is 7.76. The molecule has 0 spiro atoms. The van der Waals surface area contributed by atoms with Gasteiger partial charge in [-0.1, -0.05) is 20.3 Å². The maximum atomic E-state index is 12.3. The lowest BCUT2D eigenvalue weighted by Gasteiger charge is -2.29. The number of benzene rings is 1. The maximum absolute atomic E-state index is 12.3. The van der Waals surface area contributed by atoms with E-state index in [9.17, 15) is 4.79 Å². The van der Waals surface area contributed by atoms with Crippen LogP contribution in [0.5, 0.6) is 5.75 Å². The number of carbonyl (C=O) groups is 1. The molecular formula is C17H28N2O3. The molecule has 1 unspecified atom stereocenters. The molecule has 1 aromatic rings. The van der Waals surface area contributed by atoms with E-state index in [4.69, 9.17) is 15.2 Å². The number of likely N-dealkylation sites (N-methyl/N-ethyl adjacent to an activating group) is 1. The Kier molecular flexibility index (Phi) is 7.18. The smallest absolute Gasteiger partial charge is 0.341 e. The molecule has 0 heterocycles. The van der Waals surface area contributed by atoms with Gasteiger partial charge in [-0.25, -0.2) is 4.79 Å². The highest BCUT2D eigenvalue weighted by Crippen LogP contribution is 2.23. The monoisotopic (exact) mass is 308 g/mol. The molecule has 5 nitrogen and oxygen atoms in total. The standard InChI is InChI=1S/C17H28N2O3/c1-6-12(3)15(19(4)5)11-22-17(20)14-9-8-13(18)10-16(14)21-7-2/h8-10,12,15H,6-7,11,18H2,1-5H3/t12?,15-/m1/s1. The van der Waals surface area contributed by atoms with E-state index in [2.05, 4.69) is 18.7 Å². The lowest BCUT2D eigenvalue weighted by Crippen LogP contribution is -2.38. The van der Waals surface area contributed by atoms with E-state index in [1.807, 2.05) is 21.0 Å². The Morgan fingerprint density at radius 3 is 2.55 bits per heavy atom. The number of nitrogens with two attached hydrogens (primary N) is 1. The van der Waals surface area contributed by atoms with Gasteiger partial charge in [0.25, 0.3) is 0 Å². The molecule has 0 amide bonds. The quantitative estimate of drug-likeness (QED) is 0.591. The molecule has 2 N–H and O–H groups in total. The number of esters is 1. The van der Waals surface area contributed by atoms with Crippen molar-refractivity contribution >= 4 is 11.7 Å². The number of ether oxygens (including phenoxy) is 2.